The highest BCUT2D eigenvalue weighted by Crippen LogP contribution is 2.14. The zero-order chi connectivity index (χ0) is 8.97. The monoisotopic (exact) mass is 181 g/mol. The first-order valence-electron chi connectivity index (χ1n) is 3.52. The maximum Gasteiger partial charge on any atom is 0.235 e. The van der Waals surface area contributed by atoms with E-state index in [4.69, 9.17) is 11.6 Å². The van der Waals surface area contributed by atoms with Crippen LogP contribution in [0.5, 0.6) is 0 Å². The van der Waals surface area contributed by atoms with Gasteiger partial charge in [0.25, 0.3) is 0 Å². The minimum absolute atomic E-state index is 0.352. The van der Waals surface area contributed by atoms with Gasteiger partial charge in [0, 0.05) is 5.02 Å². The standard InChI is InChI=1S/C9H8ClNO/c1-7-2-8(5-11-6-12)4-9(10)3-7/h2-4H,5H2,1H3. The van der Waals surface area contributed by atoms with Crippen molar-refractivity contribution in [1.29, 1.82) is 0 Å². The second kappa shape index (κ2) is 4.05. The van der Waals surface area contributed by atoms with Crippen LogP contribution in [-0.4, -0.2) is 6.08 Å². The number of rotatable bonds is 2. The van der Waals surface area contributed by atoms with Gasteiger partial charge < -0.3 is 0 Å². The number of hydrogen-bond donors (Lipinski definition) is 0. The van der Waals surface area contributed by atoms with Crippen molar-refractivity contribution in [2.75, 3.05) is 0 Å². The molecule has 0 heterocycles. The molecule has 0 saturated carbocycles. The van der Waals surface area contributed by atoms with Crippen molar-refractivity contribution in [1.82, 2.24) is 0 Å². The lowest BCUT2D eigenvalue weighted by molar-refractivity contribution is 0.563. The Bertz CT molecular complexity index is 309. The average Bonchev–Trinajstić information content (AvgIpc) is 1.99. The highest BCUT2D eigenvalue weighted by Gasteiger charge is 1.94. The molecule has 0 fully saturated rings. The Kier molecular flexibility index (Phi) is 3.03. The molecule has 1 aromatic carbocycles. The molecule has 0 aliphatic carbocycles. The number of halogens is 1. The topological polar surface area (TPSA) is 29.4 Å². The Morgan fingerprint density at radius 1 is 1.50 bits per heavy atom. The second-order valence-corrected chi connectivity index (χ2v) is 2.98. The minimum Gasteiger partial charge on any atom is -0.211 e. The first-order chi connectivity index (χ1) is 5.72. The number of isocyanates is 1. The molecule has 0 amide bonds. The molecule has 62 valence electrons. The quantitative estimate of drug-likeness (QED) is 0.509. The van der Waals surface area contributed by atoms with Crippen molar-refractivity contribution >= 4 is 17.7 Å². The molecule has 3 heteroatoms. The van der Waals surface area contributed by atoms with E-state index in [1.807, 2.05) is 19.1 Å². The maximum absolute atomic E-state index is 9.82. The summed E-state index contributed by atoms with van der Waals surface area (Å²) in [6.45, 7) is 2.30. The molecule has 0 aliphatic rings. The molecule has 2 nitrogen and oxygen atoms in total. The van der Waals surface area contributed by atoms with E-state index in [1.54, 1.807) is 6.07 Å². The number of benzene rings is 1. The summed E-state index contributed by atoms with van der Waals surface area (Å²) in [5.74, 6) is 0. The minimum atomic E-state index is 0.352. The molecule has 0 spiro atoms. The first-order valence-corrected chi connectivity index (χ1v) is 3.90. The van der Waals surface area contributed by atoms with Gasteiger partial charge in [0.2, 0.25) is 6.08 Å². The molecular formula is C9H8ClNO. The van der Waals surface area contributed by atoms with Gasteiger partial charge in [-0.1, -0.05) is 17.7 Å². The van der Waals surface area contributed by atoms with Crippen molar-refractivity contribution in [2.24, 2.45) is 4.99 Å². The molecule has 0 N–H and O–H groups in total. The van der Waals surface area contributed by atoms with Crippen molar-refractivity contribution < 1.29 is 4.79 Å². The van der Waals surface area contributed by atoms with E-state index >= 15 is 0 Å². The second-order valence-electron chi connectivity index (χ2n) is 2.54. The fourth-order valence-corrected chi connectivity index (χ4v) is 1.34. The third kappa shape index (κ3) is 2.50. The molecule has 0 unspecified atom stereocenters. The zero-order valence-electron chi connectivity index (χ0n) is 6.67. The van der Waals surface area contributed by atoms with Crippen LogP contribution in [-0.2, 0) is 11.3 Å². The Morgan fingerprint density at radius 3 is 2.83 bits per heavy atom. The number of aliphatic imine (C=N–C) groups is 1. The highest BCUT2D eigenvalue weighted by molar-refractivity contribution is 6.30. The molecular weight excluding hydrogens is 174 g/mol. The Hall–Kier alpha value is -1.11. The fraction of sp³-hybridized carbons (Fsp3) is 0.222. The molecule has 12 heavy (non-hydrogen) atoms. The molecule has 0 aliphatic heterocycles. The van der Waals surface area contributed by atoms with Crippen LogP contribution < -0.4 is 0 Å². The van der Waals surface area contributed by atoms with Gasteiger partial charge in [-0.25, -0.2) is 9.79 Å². The van der Waals surface area contributed by atoms with Gasteiger partial charge in [0.1, 0.15) is 0 Å². The lowest BCUT2D eigenvalue weighted by Gasteiger charge is -1.98. The SMILES string of the molecule is Cc1cc(Cl)cc(CN=C=O)c1. The van der Waals surface area contributed by atoms with Crippen LogP contribution in [0.25, 0.3) is 0 Å². The largest absolute Gasteiger partial charge is 0.235 e. The van der Waals surface area contributed by atoms with Crippen molar-refractivity contribution in [3.05, 3.63) is 34.3 Å². The van der Waals surface area contributed by atoms with Gasteiger partial charge in [-0.15, -0.1) is 0 Å². The van der Waals surface area contributed by atoms with Crippen LogP contribution in [0.2, 0.25) is 5.02 Å². The van der Waals surface area contributed by atoms with Crippen LogP contribution in [0.3, 0.4) is 0 Å². The number of carbonyl (C=O) groups excluding carboxylic acids is 1. The van der Waals surface area contributed by atoms with Crippen LogP contribution in [0, 0.1) is 6.92 Å². The van der Waals surface area contributed by atoms with Crippen molar-refractivity contribution in [2.45, 2.75) is 13.5 Å². The molecule has 0 bridgehead atoms. The van der Waals surface area contributed by atoms with Gasteiger partial charge in [-0.05, 0) is 30.2 Å². The van der Waals surface area contributed by atoms with E-state index < -0.39 is 0 Å². The molecule has 1 aromatic rings. The summed E-state index contributed by atoms with van der Waals surface area (Å²) in [4.78, 5) is 13.3. The van der Waals surface area contributed by atoms with E-state index in [0.717, 1.165) is 11.1 Å². The van der Waals surface area contributed by atoms with Gasteiger partial charge in [0.05, 0.1) is 6.54 Å². The van der Waals surface area contributed by atoms with Crippen LogP contribution in [0.15, 0.2) is 23.2 Å². The van der Waals surface area contributed by atoms with Gasteiger partial charge in [-0.2, -0.15) is 0 Å². The van der Waals surface area contributed by atoms with Gasteiger partial charge >= 0.3 is 0 Å². The fourth-order valence-electron chi connectivity index (χ4n) is 1.03. The van der Waals surface area contributed by atoms with Gasteiger partial charge in [-0.3, -0.25) is 0 Å². The molecule has 0 radical (unpaired) electrons. The first kappa shape index (κ1) is 8.98. The van der Waals surface area contributed by atoms with Crippen molar-refractivity contribution in [3.8, 4) is 0 Å². The van der Waals surface area contributed by atoms with E-state index in [1.165, 1.54) is 6.08 Å². The van der Waals surface area contributed by atoms with Crippen LogP contribution >= 0.6 is 11.6 Å². The zero-order valence-corrected chi connectivity index (χ0v) is 7.43. The smallest absolute Gasteiger partial charge is 0.211 e. The Balaban J connectivity index is 2.92. The van der Waals surface area contributed by atoms with E-state index in [9.17, 15) is 4.79 Å². The maximum atomic E-state index is 9.82. The summed E-state index contributed by atoms with van der Waals surface area (Å²) in [6, 6.07) is 5.58. The number of nitrogens with zero attached hydrogens (tertiary/aromatic N) is 1. The predicted octanol–water partition coefficient (Wildman–Crippen LogP) is 2.48. The summed E-state index contributed by atoms with van der Waals surface area (Å²) >= 11 is 5.79. The highest BCUT2D eigenvalue weighted by atomic mass is 35.5. The van der Waals surface area contributed by atoms with E-state index in [2.05, 4.69) is 4.99 Å². The Morgan fingerprint density at radius 2 is 2.25 bits per heavy atom. The predicted molar refractivity (Wildman–Crippen MR) is 48.0 cm³/mol. The van der Waals surface area contributed by atoms with Crippen molar-refractivity contribution in [3.63, 3.8) is 0 Å². The summed E-state index contributed by atoms with van der Waals surface area (Å²) in [5.41, 5.74) is 2.00. The van der Waals surface area contributed by atoms with Crippen LogP contribution in [0.4, 0.5) is 0 Å². The Labute approximate surface area is 75.9 Å². The third-order valence-corrected chi connectivity index (χ3v) is 1.65. The number of aryl methyl sites for hydroxylation is 1. The molecule has 1 rings (SSSR count). The van der Waals surface area contributed by atoms with E-state index in [-0.39, 0.29) is 0 Å². The summed E-state index contributed by atoms with van der Waals surface area (Å²) in [5, 5.41) is 0.672. The van der Waals surface area contributed by atoms with E-state index in [0.29, 0.717) is 11.6 Å². The molecule has 0 atom stereocenters. The van der Waals surface area contributed by atoms with Gasteiger partial charge in [0.15, 0.2) is 0 Å². The lowest BCUT2D eigenvalue weighted by Crippen LogP contribution is -1.82. The third-order valence-electron chi connectivity index (χ3n) is 1.43. The summed E-state index contributed by atoms with van der Waals surface area (Å²) < 4.78 is 0. The summed E-state index contributed by atoms with van der Waals surface area (Å²) in [6.07, 6.45) is 1.49. The number of hydrogen-bond acceptors (Lipinski definition) is 2. The average molecular weight is 182 g/mol. The summed E-state index contributed by atoms with van der Waals surface area (Å²) in [7, 11) is 0. The normalized spacial score (nSPS) is 9.17. The lowest BCUT2D eigenvalue weighted by atomic mass is 10.1. The van der Waals surface area contributed by atoms with Crippen LogP contribution in [0.1, 0.15) is 11.1 Å². The molecule has 0 aromatic heterocycles. The molecule has 0 saturated heterocycles.